The molecule has 0 aromatic carbocycles. The molecule has 0 saturated carbocycles. The van der Waals surface area contributed by atoms with E-state index < -0.39 is 0 Å². The quantitative estimate of drug-likeness (QED) is 0.684. The summed E-state index contributed by atoms with van der Waals surface area (Å²) in [6.45, 7) is 6.16. The van der Waals surface area contributed by atoms with Crippen LogP contribution in [0.25, 0.3) is 0 Å². The second kappa shape index (κ2) is 3.06. The lowest BCUT2D eigenvalue weighted by atomic mass is 9.90. The number of aromatic nitrogens is 1. The van der Waals surface area contributed by atoms with Gasteiger partial charge in [-0.1, -0.05) is 26.7 Å². The van der Waals surface area contributed by atoms with Gasteiger partial charge >= 0.3 is 0 Å². The zero-order chi connectivity index (χ0) is 11.5. The number of carbonyl (C=O) groups excluding carboxylic acids is 1. The maximum atomic E-state index is 11.9. The maximum Gasteiger partial charge on any atom is 0.280 e. The molecule has 1 aromatic heterocycles. The first kappa shape index (κ1) is 10.3. The van der Waals surface area contributed by atoms with E-state index in [4.69, 9.17) is 0 Å². The monoisotopic (exact) mass is 236 g/mol. The number of fused-ring (bicyclic) bond motifs is 3. The normalized spacial score (nSPS) is 22.2. The van der Waals surface area contributed by atoms with Crippen LogP contribution < -0.4 is 0 Å². The SMILES string of the molecule is CC1(C)Cc2cc3n(c2C1)CCN(S)C3=O. The topological polar surface area (TPSA) is 25.2 Å². The summed E-state index contributed by atoms with van der Waals surface area (Å²) in [6.07, 6.45) is 2.17. The van der Waals surface area contributed by atoms with E-state index >= 15 is 0 Å². The molecular weight excluding hydrogens is 220 g/mol. The van der Waals surface area contributed by atoms with Gasteiger partial charge in [0.1, 0.15) is 5.69 Å². The molecule has 2 heterocycles. The first-order valence-corrected chi connectivity index (χ1v) is 6.10. The van der Waals surface area contributed by atoms with E-state index in [-0.39, 0.29) is 5.91 Å². The summed E-state index contributed by atoms with van der Waals surface area (Å²) in [5, 5.41) is 0. The van der Waals surface area contributed by atoms with Gasteiger partial charge in [0.2, 0.25) is 0 Å². The van der Waals surface area contributed by atoms with E-state index in [0.29, 0.717) is 12.0 Å². The van der Waals surface area contributed by atoms with Gasteiger partial charge in [0.05, 0.1) is 6.54 Å². The van der Waals surface area contributed by atoms with E-state index in [1.54, 1.807) is 0 Å². The van der Waals surface area contributed by atoms with Crippen molar-refractivity contribution in [2.45, 2.75) is 33.2 Å². The Balaban J connectivity index is 2.08. The predicted octanol–water partition coefficient (Wildman–Crippen LogP) is 1.91. The highest BCUT2D eigenvalue weighted by Gasteiger charge is 2.35. The Hall–Kier alpha value is -0.900. The van der Waals surface area contributed by atoms with Crippen LogP contribution in [0, 0.1) is 5.41 Å². The fraction of sp³-hybridized carbons (Fsp3) is 0.583. The van der Waals surface area contributed by atoms with Crippen LogP contribution in [0.1, 0.15) is 35.6 Å². The van der Waals surface area contributed by atoms with Gasteiger partial charge in [0, 0.05) is 12.2 Å². The van der Waals surface area contributed by atoms with Crippen LogP contribution >= 0.6 is 12.8 Å². The molecule has 0 fully saturated rings. The summed E-state index contributed by atoms with van der Waals surface area (Å²) in [4.78, 5) is 11.9. The van der Waals surface area contributed by atoms with E-state index in [0.717, 1.165) is 25.1 Å². The molecule has 3 nitrogen and oxygen atoms in total. The fourth-order valence-electron chi connectivity index (χ4n) is 2.90. The van der Waals surface area contributed by atoms with Crippen molar-refractivity contribution in [2.75, 3.05) is 6.54 Å². The Labute approximate surface area is 101 Å². The Bertz CT molecular complexity index is 476. The predicted molar refractivity (Wildman–Crippen MR) is 65.6 cm³/mol. The molecule has 1 aliphatic carbocycles. The van der Waals surface area contributed by atoms with Crippen molar-refractivity contribution in [3.05, 3.63) is 23.0 Å². The summed E-state index contributed by atoms with van der Waals surface area (Å²) in [6, 6.07) is 2.06. The molecule has 86 valence electrons. The number of amides is 1. The molecule has 1 aliphatic heterocycles. The summed E-state index contributed by atoms with van der Waals surface area (Å²) >= 11 is 4.18. The van der Waals surface area contributed by atoms with Gasteiger partial charge in [0.15, 0.2) is 0 Å². The smallest absolute Gasteiger partial charge is 0.280 e. The van der Waals surface area contributed by atoms with Gasteiger partial charge in [-0.3, -0.25) is 9.10 Å². The molecule has 3 rings (SSSR count). The van der Waals surface area contributed by atoms with Crippen LogP contribution in [-0.4, -0.2) is 21.3 Å². The minimum atomic E-state index is 0.0433. The average molecular weight is 236 g/mol. The van der Waals surface area contributed by atoms with Crippen LogP contribution in [0.5, 0.6) is 0 Å². The molecule has 0 N–H and O–H groups in total. The third-order valence-electron chi connectivity index (χ3n) is 3.60. The summed E-state index contributed by atoms with van der Waals surface area (Å²) in [7, 11) is 0. The van der Waals surface area contributed by atoms with Crippen molar-refractivity contribution in [1.29, 1.82) is 0 Å². The Morgan fingerprint density at radius 2 is 2.06 bits per heavy atom. The minimum Gasteiger partial charge on any atom is -0.339 e. The lowest BCUT2D eigenvalue weighted by Crippen LogP contribution is -2.34. The van der Waals surface area contributed by atoms with E-state index in [2.05, 4.69) is 37.3 Å². The van der Waals surface area contributed by atoms with Crippen molar-refractivity contribution in [2.24, 2.45) is 5.41 Å². The Morgan fingerprint density at radius 3 is 2.81 bits per heavy atom. The lowest BCUT2D eigenvalue weighted by Gasteiger charge is -2.25. The fourth-order valence-corrected chi connectivity index (χ4v) is 3.09. The number of thiol groups is 1. The van der Waals surface area contributed by atoms with Crippen molar-refractivity contribution in [1.82, 2.24) is 8.87 Å². The van der Waals surface area contributed by atoms with Gasteiger partial charge in [-0.05, 0) is 29.9 Å². The van der Waals surface area contributed by atoms with Crippen LogP contribution in [-0.2, 0) is 19.4 Å². The zero-order valence-electron chi connectivity index (χ0n) is 9.66. The van der Waals surface area contributed by atoms with Gasteiger partial charge in [-0.2, -0.15) is 0 Å². The zero-order valence-corrected chi connectivity index (χ0v) is 10.6. The summed E-state index contributed by atoms with van der Waals surface area (Å²) in [5.41, 5.74) is 3.90. The third-order valence-corrected chi connectivity index (χ3v) is 3.98. The molecule has 0 radical (unpaired) electrons. The molecule has 0 unspecified atom stereocenters. The molecule has 0 saturated heterocycles. The Morgan fingerprint density at radius 1 is 1.31 bits per heavy atom. The number of nitrogens with zero attached hydrogens (tertiary/aromatic N) is 2. The minimum absolute atomic E-state index is 0.0433. The van der Waals surface area contributed by atoms with E-state index in [9.17, 15) is 4.79 Å². The van der Waals surface area contributed by atoms with Crippen molar-refractivity contribution < 1.29 is 4.79 Å². The summed E-state index contributed by atoms with van der Waals surface area (Å²) in [5.74, 6) is 0.0433. The highest BCUT2D eigenvalue weighted by molar-refractivity contribution is 7.78. The molecule has 16 heavy (non-hydrogen) atoms. The first-order valence-electron chi connectivity index (χ1n) is 5.70. The van der Waals surface area contributed by atoms with Gasteiger partial charge in [-0.15, -0.1) is 0 Å². The molecule has 0 atom stereocenters. The Kier molecular flexibility index (Phi) is 1.97. The molecule has 1 amide bonds. The van der Waals surface area contributed by atoms with E-state index in [1.165, 1.54) is 15.6 Å². The molecule has 1 aromatic rings. The highest BCUT2D eigenvalue weighted by Crippen LogP contribution is 2.38. The van der Waals surface area contributed by atoms with Gasteiger partial charge in [-0.25, -0.2) is 0 Å². The van der Waals surface area contributed by atoms with Crippen LogP contribution in [0.4, 0.5) is 0 Å². The van der Waals surface area contributed by atoms with Crippen molar-refractivity contribution >= 4 is 18.7 Å². The molecular formula is C12H16N2OS. The van der Waals surface area contributed by atoms with Gasteiger partial charge in [0.25, 0.3) is 5.91 Å². The average Bonchev–Trinajstić information content (AvgIpc) is 2.64. The van der Waals surface area contributed by atoms with E-state index in [1.807, 2.05) is 0 Å². The number of carbonyl (C=O) groups is 1. The number of rotatable bonds is 0. The second-order valence-corrected chi connectivity index (χ2v) is 6.08. The first-order chi connectivity index (χ1) is 7.48. The van der Waals surface area contributed by atoms with Crippen LogP contribution in [0.15, 0.2) is 6.07 Å². The highest BCUT2D eigenvalue weighted by atomic mass is 32.1. The largest absolute Gasteiger partial charge is 0.339 e. The lowest BCUT2D eigenvalue weighted by molar-refractivity contribution is 0.0836. The third kappa shape index (κ3) is 1.32. The molecule has 0 bridgehead atoms. The van der Waals surface area contributed by atoms with Crippen molar-refractivity contribution in [3.63, 3.8) is 0 Å². The molecule has 4 heteroatoms. The maximum absolute atomic E-state index is 11.9. The number of hydrogen-bond acceptors (Lipinski definition) is 2. The van der Waals surface area contributed by atoms with Crippen LogP contribution in [0.2, 0.25) is 0 Å². The van der Waals surface area contributed by atoms with Gasteiger partial charge < -0.3 is 4.57 Å². The number of hydrogen-bond donors (Lipinski definition) is 1. The van der Waals surface area contributed by atoms with Crippen molar-refractivity contribution in [3.8, 4) is 0 Å². The molecule has 0 spiro atoms. The molecule has 2 aliphatic rings. The van der Waals surface area contributed by atoms with Crippen LogP contribution in [0.3, 0.4) is 0 Å². The summed E-state index contributed by atoms with van der Waals surface area (Å²) < 4.78 is 3.70. The standard InChI is InChI=1S/C12H16N2OS/c1-12(2)6-8-5-9-11(15)14(16)4-3-13(9)10(8)7-12/h5,16H,3-4,6-7H2,1-2H3. The second-order valence-electron chi connectivity index (χ2n) is 5.60.